The number of guanidine groups is 1. The van der Waals surface area contributed by atoms with Crippen molar-refractivity contribution in [2.45, 2.75) is 40.3 Å². The van der Waals surface area contributed by atoms with E-state index in [-0.39, 0.29) is 30.1 Å². The van der Waals surface area contributed by atoms with Crippen molar-refractivity contribution < 1.29 is 4.74 Å². The first-order chi connectivity index (χ1) is 9.06. The van der Waals surface area contributed by atoms with E-state index < -0.39 is 0 Å². The Morgan fingerprint density at radius 3 is 2.50 bits per heavy atom. The predicted molar refractivity (Wildman–Crippen MR) is 95.9 cm³/mol. The van der Waals surface area contributed by atoms with Crippen LogP contribution < -0.4 is 10.5 Å². The third-order valence-corrected chi connectivity index (χ3v) is 2.78. The first-order valence-electron chi connectivity index (χ1n) is 6.87. The second-order valence-corrected chi connectivity index (χ2v) is 4.66. The van der Waals surface area contributed by atoms with Crippen LogP contribution in [0.25, 0.3) is 0 Å². The van der Waals surface area contributed by atoms with Crippen molar-refractivity contribution in [2.75, 3.05) is 13.1 Å². The largest absolute Gasteiger partial charge is 0.491 e. The van der Waals surface area contributed by atoms with Crippen molar-refractivity contribution in [3.63, 3.8) is 0 Å². The van der Waals surface area contributed by atoms with Gasteiger partial charge in [-0.15, -0.1) is 24.0 Å². The zero-order chi connectivity index (χ0) is 14.3. The van der Waals surface area contributed by atoms with Gasteiger partial charge in [-0.05, 0) is 45.4 Å². The van der Waals surface area contributed by atoms with Gasteiger partial charge in [0.15, 0.2) is 5.96 Å². The summed E-state index contributed by atoms with van der Waals surface area (Å²) in [6.45, 7) is 10.5. The molecule has 0 aliphatic heterocycles. The molecule has 1 aromatic carbocycles. The number of hydrogen-bond acceptors (Lipinski definition) is 2. The molecule has 20 heavy (non-hydrogen) atoms. The molecule has 0 aliphatic rings. The molecule has 0 fully saturated rings. The molecule has 0 radical (unpaired) electrons. The van der Waals surface area contributed by atoms with E-state index in [4.69, 9.17) is 10.5 Å². The lowest BCUT2D eigenvalue weighted by molar-refractivity contribution is 0.242. The van der Waals surface area contributed by atoms with Gasteiger partial charge in [-0.2, -0.15) is 0 Å². The molecular formula is C15H26IN3O. The Balaban J connectivity index is 0.00000361. The summed E-state index contributed by atoms with van der Waals surface area (Å²) in [5.74, 6) is 1.48. The molecule has 0 bridgehead atoms. The molecule has 0 atom stereocenters. The van der Waals surface area contributed by atoms with Crippen LogP contribution in [0.5, 0.6) is 5.75 Å². The molecule has 1 aromatic rings. The van der Waals surface area contributed by atoms with Gasteiger partial charge in [0.1, 0.15) is 5.75 Å². The first-order valence-corrected chi connectivity index (χ1v) is 6.87. The molecule has 0 unspecified atom stereocenters. The van der Waals surface area contributed by atoms with E-state index in [1.165, 1.54) is 0 Å². The average molecular weight is 391 g/mol. The molecule has 0 amide bonds. The minimum absolute atomic E-state index is 0. The third-order valence-electron chi connectivity index (χ3n) is 2.78. The Labute approximate surface area is 139 Å². The maximum Gasteiger partial charge on any atom is 0.191 e. The van der Waals surface area contributed by atoms with Crippen LogP contribution in [-0.2, 0) is 6.54 Å². The smallest absolute Gasteiger partial charge is 0.191 e. The molecule has 0 saturated heterocycles. The number of nitrogens with zero attached hydrogens (tertiary/aromatic N) is 2. The molecule has 1 rings (SSSR count). The SMILES string of the molecule is CCN(CC)C(N)=NCc1cccc(OC(C)C)c1.I. The summed E-state index contributed by atoms with van der Waals surface area (Å²) >= 11 is 0. The van der Waals surface area contributed by atoms with Crippen molar-refractivity contribution in [1.29, 1.82) is 0 Å². The number of aliphatic imine (C=N–C) groups is 1. The zero-order valence-corrected chi connectivity index (χ0v) is 15.1. The maximum atomic E-state index is 5.95. The minimum atomic E-state index is 0. The summed E-state index contributed by atoms with van der Waals surface area (Å²) in [5.41, 5.74) is 7.06. The van der Waals surface area contributed by atoms with E-state index in [1.54, 1.807) is 0 Å². The number of hydrogen-bond donors (Lipinski definition) is 1. The van der Waals surface area contributed by atoms with Crippen LogP contribution in [0.4, 0.5) is 0 Å². The van der Waals surface area contributed by atoms with Crippen LogP contribution in [0.2, 0.25) is 0 Å². The topological polar surface area (TPSA) is 50.8 Å². The van der Waals surface area contributed by atoms with Crippen molar-refractivity contribution >= 4 is 29.9 Å². The Morgan fingerprint density at radius 2 is 1.95 bits per heavy atom. The van der Waals surface area contributed by atoms with Gasteiger partial charge in [-0.25, -0.2) is 4.99 Å². The van der Waals surface area contributed by atoms with Crippen molar-refractivity contribution in [3.05, 3.63) is 29.8 Å². The fourth-order valence-corrected chi connectivity index (χ4v) is 1.81. The highest BCUT2D eigenvalue weighted by atomic mass is 127. The van der Waals surface area contributed by atoms with Crippen molar-refractivity contribution in [1.82, 2.24) is 4.90 Å². The number of benzene rings is 1. The average Bonchev–Trinajstić information content (AvgIpc) is 2.37. The van der Waals surface area contributed by atoms with Crippen molar-refractivity contribution in [3.8, 4) is 5.75 Å². The Hall–Kier alpha value is -0.980. The number of halogens is 1. The van der Waals surface area contributed by atoms with Gasteiger partial charge in [0, 0.05) is 13.1 Å². The molecule has 0 saturated carbocycles. The summed E-state index contributed by atoms with van der Waals surface area (Å²) in [6, 6.07) is 7.99. The summed E-state index contributed by atoms with van der Waals surface area (Å²) in [7, 11) is 0. The second kappa shape index (κ2) is 9.85. The summed E-state index contributed by atoms with van der Waals surface area (Å²) in [5, 5.41) is 0. The van der Waals surface area contributed by atoms with Crippen LogP contribution >= 0.6 is 24.0 Å². The van der Waals surface area contributed by atoms with Gasteiger partial charge in [0.25, 0.3) is 0 Å². The highest BCUT2D eigenvalue weighted by Crippen LogP contribution is 2.15. The second-order valence-electron chi connectivity index (χ2n) is 4.66. The van der Waals surface area contributed by atoms with E-state index in [1.807, 2.05) is 43.0 Å². The van der Waals surface area contributed by atoms with Gasteiger partial charge < -0.3 is 15.4 Å². The van der Waals surface area contributed by atoms with E-state index in [0.717, 1.165) is 24.4 Å². The van der Waals surface area contributed by atoms with Crippen LogP contribution in [0, 0.1) is 0 Å². The minimum Gasteiger partial charge on any atom is -0.491 e. The number of nitrogens with two attached hydrogens (primary N) is 1. The molecule has 0 aromatic heterocycles. The molecule has 5 heteroatoms. The van der Waals surface area contributed by atoms with E-state index >= 15 is 0 Å². The fraction of sp³-hybridized carbons (Fsp3) is 0.533. The zero-order valence-electron chi connectivity index (χ0n) is 12.8. The van der Waals surface area contributed by atoms with E-state index in [2.05, 4.69) is 18.8 Å². The van der Waals surface area contributed by atoms with Crippen LogP contribution in [0.1, 0.15) is 33.3 Å². The molecule has 0 spiro atoms. The number of ether oxygens (including phenoxy) is 1. The third kappa shape index (κ3) is 6.45. The molecular weight excluding hydrogens is 365 g/mol. The quantitative estimate of drug-likeness (QED) is 0.460. The normalized spacial score (nSPS) is 11.2. The lowest BCUT2D eigenvalue weighted by atomic mass is 10.2. The van der Waals surface area contributed by atoms with E-state index in [9.17, 15) is 0 Å². The van der Waals surface area contributed by atoms with Crippen LogP contribution in [0.3, 0.4) is 0 Å². The lowest BCUT2D eigenvalue weighted by Crippen LogP contribution is -2.37. The highest BCUT2D eigenvalue weighted by molar-refractivity contribution is 14.0. The first kappa shape index (κ1) is 19.0. The molecule has 0 heterocycles. The van der Waals surface area contributed by atoms with Gasteiger partial charge in [0.2, 0.25) is 0 Å². The summed E-state index contributed by atoms with van der Waals surface area (Å²) in [4.78, 5) is 6.46. The Morgan fingerprint density at radius 1 is 1.30 bits per heavy atom. The molecule has 114 valence electrons. The van der Waals surface area contributed by atoms with Gasteiger partial charge in [-0.3, -0.25) is 0 Å². The van der Waals surface area contributed by atoms with Gasteiger partial charge >= 0.3 is 0 Å². The van der Waals surface area contributed by atoms with Gasteiger partial charge in [0.05, 0.1) is 12.6 Å². The molecule has 2 N–H and O–H groups in total. The van der Waals surface area contributed by atoms with Crippen molar-refractivity contribution in [2.24, 2.45) is 10.7 Å². The Bertz CT molecular complexity index is 417. The summed E-state index contributed by atoms with van der Waals surface area (Å²) in [6.07, 6.45) is 0.180. The monoisotopic (exact) mass is 391 g/mol. The summed E-state index contributed by atoms with van der Waals surface area (Å²) < 4.78 is 5.66. The maximum absolute atomic E-state index is 5.95. The van der Waals surface area contributed by atoms with E-state index in [0.29, 0.717) is 12.5 Å². The Kier molecular flexibility index (Phi) is 9.37. The molecule has 0 aliphatic carbocycles. The highest BCUT2D eigenvalue weighted by Gasteiger charge is 2.03. The van der Waals surface area contributed by atoms with Crippen LogP contribution in [-0.4, -0.2) is 30.1 Å². The van der Waals surface area contributed by atoms with Crippen LogP contribution in [0.15, 0.2) is 29.3 Å². The standard InChI is InChI=1S/C15H25N3O.HI/c1-5-18(6-2)15(16)17-11-13-8-7-9-14(10-13)19-12(3)4;/h7-10,12H,5-6,11H2,1-4H3,(H2,16,17);1H. The lowest BCUT2D eigenvalue weighted by Gasteiger charge is -2.19. The fourth-order valence-electron chi connectivity index (χ4n) is 1.81. The number of rotatable bonds is 6. The van der Waals surface area contributed by atoms with Gasteiger partial charge in [-0.1, -0.05) is 12.1 Å². The predicted octanol–water partition coefficient (Wildman–Crippen LogP) is 3.25. The molecule has 4 nitrogen and oxygen atoms in total.